The Morgan fingerprint density at radius 3 is 2.80 bits per heavy atom. The molecule has 0 saturated heterocycles. The number of aromatic nitrogens is 2. The Labute approximate surface area is 142 Å². The fraction of sp³-hybridized carbons (Fsp3) is 0.167. The number of hydrogen-bond acceptors (Lipinski definition) is 5. The van der Waals surface area contributed by atoms with Crippen LogP contribution in [0.25, 0.3) is 22.2 Å². The Balaban J connectivity index is 1.96. The fourth-order valence-corrected chi connectivity index (χ4v) is 3.13. The summed E-state index contributed by atoms with van der Waals surface area (Å²) in [6.45, 7) is 0.623. The van der Waals surface area contributed by atoms with Gasteiger partial charge in [0.2, 0.25) is 0 Å². The summed E-state index contributed by atoms with van der Waals surface area (Å²) in [5, 5.41) is 12.2. The smallest absolute Gasteiger partial charge is 0.259 e. The molecule has 0 aliphatic carbocycles. The van der Waals surface area contributed by atoms with Crippen molar-refractivity contribution in [2.75, 3.05) is 6.61 Å². The molecule has 0 radical (unpaired) electrons. The van der Waals surface area contributed by atoms with E-state index in [1.165, 1.54) is 12.5 Å². The molecule has 4 rings (SSSR count). The SMILES string of the molecule is O=C1NC(=O)C(c2cn(CCCO)c3ncccc23)=C1c1ccoc1. The van der Waals surface area contributed by atoms with Gasteiger partial charge in [0.25, 0.3) is 11.8 Å². The number of hydrogen-bond donors (Lipinski definition) is 2. The molecule has 7 nitrogen and oxygen atoms in total. The minimum atomic E-state index is -0.443. The molecule has 4 heterocycles. The highest BCUT2D eigenvalue weighted by Crippen LogP contribution is 2.35. The minimum absolute atomic E-state index is 0.0593. The number of aliphatic hydroxyl groups excluding tert-OH is 1. The Bertz CT molecular complexity index is 999. The zero-order valence-electron chi connectivity index (χ0n) is 13.2. The van der Waals surface area contributed by atoms with Crippen LogP contribution >= 0.6 is 0 Å². The molecule has 3 aromatic heterocycles. The molecule has 0 aromatic carbocycles. The summed E-state index contributed by atoms with van der Waals surface area (Å²) in [7, 11) is 0. The number of amides is 2. The number of carbonyl (C=O) groups is 2. The molecule has 0 fully saturated rings. The topological polar surface area (TPSA) is 97.4 Å². The van der Waals surface area contributed by atoms with Crippen LogP contribution in [0.15, 0.2) is 47.5 Å². The number of carbonyl (C=O) groups excluding carboxylic acids is 2. The summed E-state index contributed by atoms with van der Waals surface area (Å²) < 4.78 is 6.96. The molecule has 0 saturated carbocycles. The quantitative estimate of drug-likeness (QED) is 0.689. The number of rotatable bonds is 5. The third-order valence-electron chi connectivity index (χ3n) is 4.20. The number of aryl methyl sites for hydroxylation is 1. The van der Waals surface area contributed by atoms with Gasteiger partial charge in [-0.2, -0.15) is 0 Å². The third kappa shape index (κ3) is 2.45. The zero-order chi connectivity index (χ0) is 17.4. The lowest BCUT2D eigenvalue weighted by Gasteiger charge is -2.01. The largest absolute Gasteiger partial charge is 0.472 e. The van der Waals surface area contributed by atoms with Gasteiger partial charge in [-0.25, -0.2) is 4.98 Å². The van der Waals surface area contributed by atoms with Crippen LogP contribution in [0.1, 0.15) is 17.5 Å². The van der Waals surface area contributed by atoms with Crippen LogP contribution < -0.4 is 5.32 Å². The molecule has 25 heavy (non-hydrogen) atoms. The summed E-state index contributed by atoms with van der Waals surface area (Å²) in [5.41, 5.74) is 2.51. The van der Waals surface area contributed by atoms with Crippen LogP contribution in [0.5, 0.6) is 0 Å². The van der Waals surface area contributed by atoms with E-state index in [4.69, 9.17) is 9.52 Å². The van der Waals surface area contributed by atoms with Crippen LogP contribution in [0.2, 0.25) is 0 Å². The van der Waals surface area contributed by atoms with Gasteiger partial charge in [-0.05, 0) is 24.6 Å². The average molecular weight is 337 g/mol. The number of pyridine rings is 1. The first kappa shape index (κ1) is 15.3. The number of nitrogens with one attached hydrogen (secondary N) is 1. The highest BCUT2D eigenvalue weighted by Gasteiger charge is 2.34. The highest BCUT2D eigenvalue weighted by atomic mass is 16.3. The first-order valence-electron chi connectivity index (χ1n) is 7.88. The van der Waals surface area contributed by atoms with Crippen LogP contribution in [0, 0.1) is 0 Å². The monoisotopic (exact) mass is 337 g/mol. The zero-order valence-corrected chi connectivity index (χ0v) is 13.2. The third-order valence-corrected chi connectivity index (χ3v) is 4.20. The molecule has 126 valence electrons. The number of furan rings is 1. The van der Waals surface area contributed by atoms with Crippen molar-refractivity contribution in [2.24, 2.45) is 0 Å². The fourth-order valence-electron chi connectivity index (χ4n) is 3.13. The lowest BCUT2D eigenvalue weighted by Crippen LogP contribution is -2.22. The van der Waals surface area contributed by atoms with E-state index >= 15 is 0 Å². The second-order valence-corrected chi connectivity index (χ2v) is 5.73. The number of fused-ring (bicyclic) bond motifs is 1. The van der Waals surface area contributed by atoms with E-state index < -0.39 is 11.8 Å². The molecular formula is C18H15N3O4. The predicted molar refractivity (Wildman–Crippen MR) is 90.1 cm³/mol. The van der Waals surface area contributed by atoms with Crippen molar-refractivity contribution in [3.63, 3.8) is 0 Å². The summed E-state index contributed by atoms with van der Waals surface area (Å²) in [5.74, 6) is -0.882. The van der Waals surface area contributed by atoms with Gasteiger partial charge in [0.15, 0.2) is 0 Å². The van der Waals surface area contributed by atoms with E-state index in [-0.39, 0.29) is 6.61 Å². The average Bonchev–Trinajstić information content (AvgIpc) is 3.31. The summed E-state index contributed by atoms with van der Waals surface area (Å²) in [4.78, 5) is 29.1. The molecule has 2 amide bonds. The van der Waals surface area contributed by atoms with Crippen LogP contribution in [-0.4, -0.2) is 33.1 Å². The maximum atomic E-state index is 12.5. The lowest BCUT2D eigenvalue weighted by atomic mass is 9.98. The molecule has 0 spiro atoms. The Morgan fingerprint density at radius 2 is 2.04 bits per heavy atom. The van der Waals surface area contributed by atoms with Crippen molar-refractivity contribution in [3.8, 4) is 0 Å². The second kappa shape index (κ2) is 6.03. The van der Waals surface area contributed by atoms with E-state index in [0.717, 1.165) is 5.39 Å². The molecule has 1 aliphatic rings. The first-order chi connectivity index (χ1) is 12.2. The van der Waals surface area contributed by atoms with Gasteiger partial charge in [0.05, 0.1) is 23.7 Å². The highest BCUT2D eigenvalue weighted by molar-refractivity contribution is 6.49. The van der Waals surface area contributed by atoms with E-state index in [2.05, 4.69) is 10.3 Å². The maximum absolute atomic E-state index is 12.5. The number of imide groups is 1. The van der Waals surface area contributed by atoms with Gasteiger partial charge in [-0.15, -0.1) is 0 Å². The predicted octanol–water partition coefficient (Wildman–Crippen LogP) is 1.58. The second-order valence-electron chi connectivity index (χ2n) is 5.73. The van der Waals surface area contributed by atoms with Crippen molar-refractivity contribution in [3.05, 3.63) is 54.2 Å². The van der Waals surface area contributed by atoms with Gasteiger partial charge >= 0.3 is 0 Å². The standard InChI is InChI=1S/C18H15N3O4/c22-7-2-6-21-9-13(12-3-1-5-19-16(12)21)15-14(11-4-8-25-10-11)17(23)20-18(15)24/h1,3-5,8-10,22H,2,6-7H2,(H,20,23,24). The minimum Gasteiger partial charge on any atom is -0.472 e. The Hall–Kier alpha value is -3.19. The van der Waals surface area contributed by atoms with E-state index in [1.54, 1.807) is 24.5 Å². The molecular weight excluding hydrogens is 322 g/mol. The molecule has 2 N–H and O–H groups in total. The van der Waals surface area contributed by atoms with Gasteiger partial charge in [0, 0.05) is 42.1 Å². The van der Waals surface area contributed by atoms with E-state index in [1.807, 2.05) is 10.6 Å². The summed E-state index contributed by atoms with van der Waals surface area (Å²) in [6, 6.07) is 5.30. The van der Waals surface area contributed by atoms with Crippen molar-refractivity contribution in [2.45, 2.75) is 13.0 Å². The van der Waals surface area contributed by atoms with E-state index in [0.29, 0.717) is 40.9 Å². The molecule has 1 aliphatic heterocycles. The molecule has 0 bridgehead atoms. The first-order valence-corrected chi connectivity index (χ1v) is 7.88. The lowest BCUT2D eigenvalue weighted by molar-refractivity contribution is -0.122. The maximum Gasteiger partial charge on any atom is 0.259 e. The Kier molecular flexibility index (Phi) is 3.70. The van der Waals surface area contributed by atoms with Crippen molar-refractivity contribution in [1.29, 1.82) is 0 Å². The normalized spacial score (nSPS) is 14.6. The number of aliphatic hydroxyl groups is 1. The molecule has 0 atom stereocenters. The van der Waals surface area contributed by atoms with Crippen molar-refractivity contribution in [1.82, 2.24) is 14.9 Å². The van der Waals surface area contributed by atoms with Crippen molar-refractivity contribution >= 4 is 34.0 Å². The van der Waals surface area contributed by atoms with Crippen LogP contribution in [0.3, 0.4) is 0 Å². The van der Waals surface area contributed by atoms with E-state index in [9.17, 15) is 9.59 Å². The number of nitrogens with zero attached hydrogens (tertiary/aromatic N) is 2. The molecule has 0 unspecified atom stereocenters. The summed E-state index contributed by atoms with van der Waals surface area (Å²) >= 11 is 0. The molecule has 7 heteroatoms. The van der Waals surface area contributed by atoms with Gasteiger partial charge < -0.3 is 14.1 Å². The summed E-state index contributed by atoms with van der Waals surface area (Å²) in [6.07, 6.45) is 6.95. The molecule has 3 aromatic rings. The van der Waals surface area contributed by atoms with Crippen LogP contribution in [0.4, 0.5) is 0 Å². The van der Waals surface area contributed by atoms with Gasteiger partial charge in [0.1, 0.15) is 5.65 Å². The van der Waals surface area contributed by atoms with Gasteiger partial charge in [-0.1, -0.05) is 0 Å². The van der Waals surface area contributed by atoms with Crippen LogP contribution in [-0.2, 0) is 16.1 Å². The van der Waals surface area contributed by atoms with Gasteiger partial charge in [-0.3, -0.25) is 14.9 Å². The Morgan fingerprint density at radius 1 is 1.20 bits per heavy atom. The van der Waals surface area contributed by atoms with Crippen molar-refractivity contribution < 1.29 is 19.1 Å².